The smallest absolute Gasteiger partial charge is 0.330 e. The lowest BCUT2D eigenvalue weighted by Crippen LogP contribution is -2.37. The van der Waals surface area contributed by atoms with E-state index in [-0.39, 0.29) is 17.0 Å². The van der Waals surface area contributed by atoms with E-state index in [1.807, 2.05) is 4.98 Å². The second kappa shape index (κ2) is 5.76. The highest BCUT2D eigenvalue weighted by Gasteiger charge is 2.43. The van der Waals surface area contributed by atoms with Crippen molar-refractivity contribution in [2.24, 2.45) is 0 Å². The maximum absolute atomic E-state index is 11.4. The van der Waals surface area contributed by atoms with Gasteiger partial charge in [0.25, 0.3) is 5.56 Å². The van der Waals surface area contributed by atoms with E-state index in [0.717, 1.165) is 16.8 Å². The number of aliphatic hydroxyl groups excluding tert-OH is 3. The Balaban J connectivity index is 0.00000162. The Morgan fingerprint density at radius 1 is 1.33 bits per heavy atom. The number of aliphatic hydroxyl groups is 3. The largest absolute Gasteiger partial charge is 0.394 e. The molecule has 0 bridgehead atoms. The van der Waals surface area contributed by atoms with Crippen LogP contribution in [0.25, 0.3) is 0 Å². The molecule has 1 aromatic rings. The summed E-state index contributed by atoms with van der Waals surface area (Å²) in [5.41, 5.74) is -1.33. The van der Waals surface area contributed by atoms with Crippen LogP contribution in [-0.2, 0) is 4.74 Å². The van der Waals surface area contributed by atoms with Gasteiger partial charge in [0.05, 0.1) is 6.61 Å². The molecule has 2 heterocycles. The van der Waals surface area contributed by atoms with Gasteiger partial charge in [0.2, 0.25) is 0 Å². The van der Waals surface area contributed by atoms with Crippen molar-refractivity contribution in [3.63, 3.8) is 0 Å². The molecule has 102 valence electrons. The van der Waals surface area contributed by atoms with Crippen LogP contribution in [0.5, 0.6) is 0 Å². The van der Waals surface area contributed by atoms with E-state index < -0.39 is 42.4 Å². The first kappa shape index (κ1) is 15.1. The molecule has 0 saturated carbocycles. The first-order chi connectivity index (χ1) is 8.04. The van der Waals surface area contributed by atoms with Crippen molar-refractivity contribution >= 4 is 17.0 Å². The number of H-pyrrole nitrogens is 1. The first-order valence-electron chi connectivity index (χ1n) is 4.98. The average molecular weight is 325 g/mol. The highest BCUT2D eigenvalue weighted by atomic mass is 79.9. The SMILES string of the molecule is Br.O=c1ccn([C@H]2O[C@@H](CO)[C@@H](O)[C@@H]2O)c(=O)[nH]1. The van der Waals surface area contributed by atoms with Crippen LogP contribution in [0.1, 0.15) is 6.23 Å². The Hall–Kier alpha value is -1.00. The summed E-state index contributed by atoms with van der Waals surface area (Å²) < 4.78 is 6.08. The van der Waals surface area contributed by atoms with E-state index in [9.17, 15) is 19.8 Å². The summed E-state index contributed by atoms with van der Waals surface area (Å²) in [5, 5.41) is 28.1. The Morgan fingerprint density at radius 2 is 2.00 bits per heavy atom. The zero-order chi connectivity index (χ0) is 12.6. The number of rotatable bonds is 2. The van der Waals surface area contributed by atoms with Gasteiger partial charge in [0, 0.05) is 12.3 Å². The summed E-state index contributed by atoms with van der Waals surface area (Å²) in [4.78, 5) is 24.3. The van der Waals surface area contributed by atoms with Crippen LogP contribution in [0.4, 0.5) is 0 Å². The van der Waals surface area contributed by atoms with Gasteiger partial charge in [-0.3, -0.25) is 14.3 Å². The Labute approximate surface area is 111 Å². The van der Waals surface area contributed by atoms with Gasteiger partial charge in [-0.1, -0.05) is 0 Å². The number of aromatic amines is 1. The van der Waals surface area contributed by atoms with Gasteiger partial charge in [0.15, 0.2) is 6.23 Å². The maximum atomic E-state index is 11.4. The lowest BCUT2D eigenvalue weighted by Gasteiger charge is -2.16. The molecular formula is C9H13BrN2O6. The molecule has 0 aromatic carbocycles. The van der Waals surface area contributed by atoms with E-state index in [1.165, 1.54) is 0 Å². The molecule has 9 heteroatoms. The van der Waals surface area contributed by atoms with Crippen LogP contribution < -0.4 is 11.2 Å². The summed E-state index contributed by atoms with van der Waals surface area (Å²) >= 11 is 0. The van der Waals surface area contributed by atoms with Crippen LogP contribution in [0.3, 0.4) is 0 Å². The topological polar surface area (TPSA) is 125 Å². The third-order valence-corrected chi connectivity index (χ3v) is 2.64. The molecule has 2 rings (SSSR count). The minimum atomic E-state index is -1.35. The lowest BCUT2D eigenvalue weighted by atomic mass is 10.1. The van der Waals surface area contributed by atoms with E-state index in [1.54, 1.807) is 0 Å². The van der Waals surface area contributed by atoms with E-state index in [4.69, 9.17) is 9.84 Å². The van der Waals surface area contributed by atoms with E-state index in [2.05, 4.69) is 0 Å². The molecule has 1 aliphatic heterocycles. The predicted molar refractivity (Wildman–Crippen MR) is 64.7 cm³/mol. The van der Waals surface area contributed by atoms with Crippen LogP contribution in [0, 0.1) is 0 Å². The monoisotopic (exact) mass is 324 g/mol. The van der Waals surface area contributed by atoms with Gasteiger partial charge >= 0.3 is 5.69 Å². The molecule has 1 aliphatic rings. The second-order valence-electron chi connectivity index (χ2n) is 3.75. The molecule has 4 N–H and O–H groups in total. The first-order valence-corrected chi connectivity index (χ1v) is 4.98. The second-order valence-corrected chi connectivity index (χ2v) is 3.75. The van der Waals surface area contributed by atoms with Crippen molar-refractivity contribution in [2.45, 2.75) is 24.5 Å². The average Bonchev–Trinajstić information content (AvgIpc) is 2.57. The van der Waals surface area contributed by atoms with Crippen LogP contribution >= 0.6 is 17.0 Å². The molecule has 1 aromatic heterocycles. The molecular weight excluding hydrogens is 312 g/mol. The molecule has 1 fully saturated rings. The Bertz CT molecular complexity index is 514. The van der Waals surface area contributed by atoms with E-state index >= 15 is 0 Å². The van der Waals surface area contributed by atoms with Crippen molar-refractivity contribution in [2.75, 3.05) is 6.61 Å². The van der Waals surface area contributed by atoms with Crippen molar-refractivity contribution in [1.82, 2.24) is 9.55 Å². The Morgan fingerprint density at radius 3 is 2.50 bits per heavy atom. The molecule has 0 radical (unpaired) electrons. The van der Waals surface area contributed by atoms with Crippen LogP contribution in [0.2, 0.25) is 0 Å². The maximum Gasteiger partial charge on any atom is 0.330 e. The van der Waals surface area contributed by atoms with Gasteiger partial charge in [-0.15, -0.1) is 17.0 Å². The van der Waals surface area contributed by atoms with Crippen LogP contribution in [0.15, 0.2) is 21.9 Å². The quantitative estimate of drug-likeness (QED) is 0.486. The molecule has 8 nitrogen and oxygen atoms in total. The predicted octanol–water partition coefficient (Wildman–Crippen LogP) is -2.27. The lowest BCUT2D eigenvalue weighted by molar-refractivity contribution is -0.0550. The standard InChI is InChI=1S/C9H12N2O6.BrH/c12-3-4-6(14)7(15)8(17-4)11-2-1-5(13)10-9(11)16;/h1-2,4,6-8,12,14-15H,3H2,(H,10,13,16);1H/t4-,6+,7-,8-;/m0./s1. The zero-order valence-corrected chi connectivity index (χ0v) is 10.8. The third-order valence-electron chi connectivity index (χ3n) is 2.64. The summed E-state index contributed by atoms with van der Waals surface area (Å²) in [6.45, 7) is -0.479. The van der Waals surface area contributed by atoms with Gasteiger partial charge in [-0.25, -0.2) is 4.79 Å². The molecule has 18 heavy (non-hydrogen) atoms. The molecule has 1 saturated heterocycles. The van der Waals surface area contributed by atoms with Gasteiger partial charge in [-0.05, 0) is 0 Å². The van der Waals surface area contributed by atoms with Gasteiger partial charge < -0.3 is 20.1 Å². The van der Waals surface area contributed by atoms with Crippen LogP contribution in [-0.4, -0.2) is 49.8 Å². The highest BCUT2D eigenvalue weighted by molar-refractivity contribution is 8.93. The van der Waals surface area contributed by atoms with Crippen molar-refractivity contribution in [1.29, 1.82) is 0 Å². The number of hydrogen-bond donors (Lipinski definition) is 4. The molecule has 0 amide bonds. The molecule has 0 aliphatic carbocycles. The summed E-state index contributed by atoms with van der Waals surface area (Å²) in [7, 11) is 0. The number of hydrogen-bond acceptors (Lipinski definition) is 6. The van der Waals surface area contributed by atoms with Crippen molar-refractivity contribution in [3.05, 3.63) is 33.1 Å². The Kier molecular flexibility index (Phi) is 4.82. The zero-order valence-electron chi connectivity index (χ0n) is 9.09. The summed E-state index contributed by atoms with van der Waals surface area (Å²) in [6, 6.07) is 1.09. The van der Waals surface area contributed by atoms with Crippen molar-refractivity contribution in [3.8, 4) is 0 Å². The van der Waals surface area contributed by atoms with E-state index in [0.29, 0.717) is 0 Å². The molecule has 0 spiro atoms. The minimum Gasteiger partial charge on any atom is -0.394 e. The van der Waals surface area contributed by atoms with Gasteiger partial charge in [0.1, 0.15) is 18.3 Å². The highest BCUT2D eigenvalue weighted by Crippen LogP contribution is 2.27. The number of ether oxygens (including phenoxy) is 1. The molecule has 4 atom stereocenters. The summed E-state index contributed by atoms with van der Waals surface area (Å²) in [6.07, 6.45) is -3.58. The molecule has 0 unspecified atom stereocenters. The fraction of sp³-hybridized carbons (Fsp3) is 0.556. The fourth-order valence-electron chi connectivity index (χ4n) is 1.74. The third kappa shape index (κ3) is 2.54. The number of nitrogens with one attached hydrogen (secondary N) is 1. The summed E-state index contributed by atoms with van der Waals surface area (Å²) in [5.74, 6) is 0. The van der Waals surface area contributed by atoms with Crippen molar-refractivity contribution < 1.29 is 20.1 Å². The fourth-order valence-corrected chi connectivity index (χ4v) is 1.74. The number of aromatic nitrogens is 2. The van der Waals surface area contributed by atoms with Gasteiger partial charge in [-0.2, -0.15) is 0 Å². The number of nitrogens with zero attached hydrogens (tertiary/aromatic N) is 1. The number of halogens is 1. The normalized spacial score (nSPS) is 31.1. The minimum absolute atomic E-state index is 0.